The van der Waals surface area contributed by atoms with Crippen molar-refractivity contribution in [3.63, 3.8) is 0 Å². The Morgan fingerprint density at radius 1 is 1.12 bits per heavy atom. The summed E-state index contributed by atoms with van der Waals surface area (Å²) in [6, 6.07) is 4.42. The van der Waals surface area contributed by atoms with Crippen LogP contribution in [-0.4, -0.2) is 40.4 Å². The standard InChI is InChI=1S/C27H37N3O2S/c1-3-30-22-6-9-33-24(22)13-23(30)26(32)29-7-4-21(5-8-29)25(31)28-17(2)27-14-18-10-19(15-27)12-20(11-18)16-27/h6,9,13,17-21H,3-5,7-8,10-12,14-16H2,1-2H3,(H,28,31)/t17-,18?,19?,20?,27?/m1/s1. The summed E-state index contributed by atoms with van der Waals surface area (Å²) in [4.78, 5) is 28.4. The number of carbonyl (C=O) groups excluding carboxylic acids is 2. The molecule has 1 saturated heterocycles. The fraction of sp³-hybridized carbons (Fsp3) is 0.704. The van der Waals surface area contributed by atoms with Crippen LogP contribution in [0.1, 0.15) is 75.7 Å². The van der Waals surface area contributed by atoms with E-state index >= 15 is 0 Å². The molecule has 2 aromatic rings. The SMILES string of the molecule is CCn1c(C(=O)N2CCC(C(=O)N[C@H](C)C34CC5CC(CC(C5)C3)C4)CC2)cc2sccc21. The summed E-state index contributed by atoms with van der Waals surface area (Å²) in [7, 11) is 0. The van der Waals surface area contributed by atoms with Crippen molar-refractivity contribution < 1.29 is 9.59 Å². The Morgan fingerprint density at radius 2 is 1.76 bits per heavy atom. The van der Waals surface area contributed by atoms with Crippen molar-refractivity contribution in [3.05, 3.63) is 23.2 Å². The molecular weight excluding hydrogens is 430 g/mol. The Kier molecular flexibility index (Phi) is 5.35. The lowest BCUT2D eigenvalue weighted by molar-refractivity contribution is -0.131. The number of carbonyl (C=O) groups is 2. The van der Waals surface area contributed by atoms with E-state index in [9.17, 15) is 9.59 Å². The molecule has 1 atom stereocenters. The molecular formula is C27H37N3O2S. The maximum Gasteiger partial charge on any atom is 0.270 e. The van der Waals surface area contributed by atoms with Crippen LogP contribution in [0.15, 0.2) is 17.5 Å². The van der Waals surface area contributed by atoms with Crippen molar-refractivity contribution in [2.24, 2.45) is 29.1 Å². The number of likely N-dealkylation sites (tertiary alicyclic amines) is 1. The van der Waals surface area contributed by atoms with Gasteiger partial charge in [-0.3, -0.25) is 9.59 Å². The van der Waals surface area contributed by atoms with Gasteiger partial charge in [0.05, 0.1) is 10.2 Å². The second-order valence-electron chi connectivity index (χ2n) is 11.5. The minimum Gasteiger partial charge on any atom is -0.353 e. The Labute approximate surface area is 200 Å². The van der Waals surface area contributed by atoms with E-state index in [4.69, 9.17) is 0 Å². The first-order chi connectivity index (χ1) is 16.0. The van der Waals surface area contributed by atoms with Gasteiger partial charge >= 0.3 is 0 Å². The first kappa shape index (κ1) is 21.7. The molecule has 1 N–H and O–H groups in total. The summed E-state index contributed by atoms with van der Waals surface area (Å²) in [5.41, 5.74) is 2.29. The summed E-state index contributed by atoms with van der Waals surface area (Å²) in [6.45, 7) is 6.50. The van der Waals surface area contributed by atoms with Crippen molar-refractivity contribution in [1.29, 1.82) is 0 Å². The van der Waals surface area contributed by atoms with E-state index in [1.54, 1.807) is 11.3 Å². The summed E-state index contributed by atoms with van der Waals surface area (Å²) < 4.78 is 3.30. The fourth-order valence-corrected chi connectivity index (χ4v) is 9.02. The van der Waals surface area contributed by atoms with Crippen LogP contribution in [0.3, 0.4) is 0 Å². The largest absolute Gasteiger partial charge is 0.353 e. The van der Waals surface area contributed by atoms with Gasteiger partial charge in [0.1, 0.15) is 5.69 Å². The molecule has 33 heavy (non-hydrogen) atoms. The number of thiophene rings is 1. The molecule has 7 rings (SSSR count). The molecule has 1 aliphatic heterocycles. The number of hydrogen-bond acceptors (Lipinski definition) is 3. The third-order valence-electron chi connectivity index (χ3n) is 9.57. The molecule has 178 valence electrons. The fourth-order valence-electron chi connectivity index (χ4n) is 8.19. The average molecular weight is 468 g/mol. The molecule has 0 unspecified atom stereocenters. The zero-order valence-corrected chi connectivity index (χ0v) is 20.8. The minimum atomic E-state index is 0.0341. The molecule has 3 heterocycles. The number of piperidine rings is 1. The molecule has 4 saturated carbocycles. The zero-order chi connectivity index (χ0) is 22.7. The van der Waals surface area contributed by atoms with Crippen molar-refractivity contribution in [2.75, 3.05) is 13.1 Å². The van der Waals surface area contributed by atoms with Crippen molar-refractivity contribution in [3.8, 4) is 0 Å². The van der Waals surface area contributed by atoms with Gasteiger partial charge in [-0.15, -0.1) is 11.3 Å². The van der Waals surface area contributed by atoms with E-state index in [-0.39, 0.29) is 23.8 Å². The number of nitrogens with one attached hydrogen (secondary N) is 1. The van der Waals surface area contributed by atoms with E-state index in [1.807, 2.05) is 11.0 Å². The topological polar surface area (TPSA) is 54.3 Å². The van der Waals surface area contributed by atoms with Gasteiger partial charge in [0.2, 0.25) is 5.91 Å². The predicted molar refractivity (Wildman–Crippen MR) is 132 cm³/mol. The van der Waals surface area contributed by atoms with Gasteiger partial charge in [-0.05, 0) is 106 Å². The first-order valence-corrected chi connectivity index (χ1v) is 14.0. The van der Waals surface area contributed by atoms with Gasteiger partial charge in [-0.2, -0.15) is 0 Å². The van der Waals surface area contributed by atoms with Gasteiger partial charge in [-0.25, -0.2) is 0 Å². The summed E-state index contributed by atoms with van der Waals surface area (Å²) in [5.74, 6) is 3.09. The molecule has 5 nitrogen and oxygen atoms in total. The number of fused-ring (bicyclic) bond motifs is 1. The van der Waals surface area contributed by atoms with E-state index < -0.39 is 0 Å². The van der Waals surface area contributed by atoms with Crippen molar-refractivity contribution >= 4 is 33.4 Å². The molecule has 0 radical (unpaired) electrons. The number of amides is 2. The Morgan fingerprint density at radius 3 is 2.36 bits per heavy atom. The van der Waals surface area contributed by atoms with Gasteiger partial charge in [-0.1, -0.05) is 0 Å². The minimum absolute atomic E-state index is 0.0341. The summed E-state index contributed by atoms with van der Waals surface area (Å²) in [6.07, 6.45) is 9.81. The van der Waals surface area contributed by atoms with Crippen LogP contribution < -0.4 is 5.32 Å². The highest BCUT2D eigenvalue weighted by molar-refractivity contribution is 7.17. The molecule has 6 heteroatoms. The number of aromatic nitrogens is 1. The van der Waals surface area contributed by atoms with Gasteiger partial charge in [0.25, 0.3) is 5.91 Å². The molecule has 2 amide bonds. The highest BCUT2D eigenvalue weighted by atomic mass is 32.1. The molecule has 0 spiro atoms. The molecule has 0 aromatic carbocycles. The third kappa shape index (κ3) is 3.64. The van der Waals surface area contributed by atoms with Gasteiger partial charge in [0, 0.05) is 31.6 Å². The van der Waals surface area contributed by atoms with Crippen molar-refractivity contribution in [1.82, 2.24) is 14.8 Å². The molecule has 4 bridgehead atoms. The van der Waals surface area contributed by atoms with Crippen molar-refractivity contribution in [2.45, 2.75) is 77.8 Å². The number of aryl methyl sites for hydroxylation is 1. The third-order valence-corrected chi connectivity index (χ3v) is 10.4. The van der Waals surface area contributed by atoms with E-state index in [0.29, 0.717) is 18.5 Å². The van der Waals surface area contributed by atoms with Crippen LogP contribution >= 0.6 is 11.3 Å². The maximum absolute atomic E-state index is 13.3. The number of rotatable bonds is 5. The average Bonchev–Trinajstić information content (AvgIpc) is 3.39. The maximum atomic E-state index is 13.3. The number of hydrogen-bond donors (Lipinski definition) is 1. The lowest BCUT2D eigenvalue weighted by Gasteiger charge is -2.59. The second kappa shape index (κ2) is 8.14. The van der Waals surface area contributed by atoms with Gasteiger partial charge in [0.15, 0.2) is 0 Å². The Bertz CT molecular complexity index is 1030. The highest BCUT2D eigenvalue weighted by Gasteiger charge is 2.53. The lowest BCUT2D eigenvalue weighted by Crippen LogP contribution is -2.57. The van der Waals surface area contributed by atoms with E-state index in [0.717, 1.165) is 48.4 Å². The van der Waals surface area contributed by atoms with Crippen LogP contribution in [0.25, 0.3) is 10.2 Å². The monoisotopic (exact) mass is 467 g/mol. The molecule has 5 fully saturated rings. The van der Waals surface area contributed by atoms with Gasteiger partial charge < -0.3 is 14.8 Å². The normalized spacial score (nSPS) is 32.4. The smallest absolute Gasteiger partial charge is 0.270 e. The second-order valence-corrected chi connectivity index (χ2v) is 12.5. The first-order valence-electron chi connectivity index (χ1n) is 13.1. The van der Waals surface area contributed by atoms with E-state index in [2.05, 4.69) is 35.2 Å². The zero-order valence-electron chi connectivity index (χ0n) is 20.0. The Balaban J connectivity index is 1.07. The quantitative estimate of drug-likeness (QED) is 0.649. The lowest BCUT2D eigenvalue weighted by atomic mass is 9.48. The predicted octanol–water partition coefficient (Wildman–Crippen LogP) is 5.30. The summed E-state index contributed by atoms with van der Waals surface area (Å²) in [5, 5.41) is 5.55. The molecule has 5 aliphatic rings. The van der Waals surface area contributed by atoms with Crippen LogP contribution in [0.2, 0.25) is 0 Å². The van der Waals surface area contributed by atoms with Crippen LogP contribution in [0.4, 0.5) is 0 Å². The van der Waals surface area contributed by atoms with Crippen LogP contribution in [0.5, 0.6) is 0 Å². The van der Waals surface area contributed by atoms with Crippen LogP contribution in [-0.2, 0) is 11.3 Å². The molecule has 2 aromatic heterocycles. The Hall–Kier alpha value is -1.82. The number of nitrogens with zero attached hydrogens (tertiary/aromatic N) is 2. The summed E-state index contributed by atoms with van der Waals surface area (Å²) >= 11 is 1.69. The highest BCUT2D eigenvalue weighted by Crippen LogP contribution is 2.61. The van der Waals surface area contributed by atoms with E-state index in [1.165, 1.54) is 43.2 Å². The van der Waals surface area contributed by atoms with Crippen LogP contribution in [0, 0.1) is 29.1 Å². The molecule has 4 aliphatic carbocycles.